The molecule has 116 valence electrons. The summed E-state index contributed by atoms with van der Waals surface area (Å²) in [6.07, 6.45) is 1.57. The van der Waals surface area contributed by atoms with Gasteiger partial charge < -0.3 is 20.4 Å². The average molecular weight is 300 g/mol. The quantitative estimate of drug-likeness (QED) is 0.561. The zero-order chi connectivity index (χ0) is 16.0. The maximum atomic E-state index is 9.84. The summed E-state index contributed by atoms with van der Waals surface area (Å²) in [7, 11) is 0. The second kappa shape index (κ2) is 5.13. The van der Waals surface area contributed by atoms with Gasteiger partial charge in [0.25, 0.3) is 0 Å². The standard InChI is InChI=1S/C18H20O4/c1-9-3-11-5-15(19)17(21)7-13(11)14-8-18(22)16(20)6-12(14)4-10(9)2/h5-10,19-22H,3-4H2,1-2H3/t9-,10+. The second-order valence-corrected chi connectivity index (χ2v) is 6.36. The summed E-state index contributed by atoms with van der Waals surface area (Å²) in [5.74, 6) is 0.156. The van der Waals surface area contributed by atoms with Gasteiger partial charge in [0, 0.05) is 0 Å². The third-order valence-electron chi connectivity index (χ3n) is 4.75. The molecule has 0 radical (unpaired) electrons. The first-order chi connectivity index (χ1) is 10.4. The molecule has 3 rings (SSSR count). The van der Waals surface area contributed by atoms with Crippen LogP contribution in [0.5, 0.6) is 23.0 Å². The van der Waals surface area contributed by atoms with Gasteiger partial charge in [-0.05, 0) is 71.2 Å². The van der Waals surface area contributed by atoms with Crippen LogP contribution in [0.2, 0.25) is 0 Å². The van der Waals surface area contributed by atoms with E-state index in [0.717, 1.165) is 35.1 Å². The zero-order valence-electron chi connectivity index (χ0n) is 12.7. The monoisotopic (exact) mass is 300 g/mol. The zero-order valence-corrected chi connectivity index (χ0v) is 12.7. The average Bonchev–Trinajstić information content (AvgIpc) is 2.45. The van der Waals surface area contributed by atoms with Crippen molar-refractivity contribution in [3.8, 4) is 34.1 Å². The van der Waals surface area contributed by atoms with E-state index in [1.54, 1.807) is 12.1 Å². The molecule has 4 nitrogen and oxygen atoms in total. The Balaban J connectivity index is 2.30. The maximum Gasteiger partial charge on any atom is 0.158 e. The number of rotatable bonds is 0. The fourth-order valence-corrected chi connectivity index (χ4v) is 3.18. The Bertz CT molecular complexity index is 673. The molecule has 1 aliphatic rings. The van der Waals surface area contributed by atoms with Gasteiger partial charge >= 0.3 is 0 Å². The van der Waals surface area contributed by atoms with E-state index in [0.29, 0.717) is 11.8 Å². The molecule has 0 saturated carbocycles. The Hall–Kier alpha value is -2.36. The predicted octanol–water partition coefficient (Wildman–Crippen LogP) is 3.55. The van der Waals surface area contributed by atoms with Crippen molar-refractivity contribution >= 4 is 0 Å². The van der Waals surface area contributed by atoms with Gasteiger partial charge in [0.05, 0.1) is 0 Å². The molecule has 0 saturated heterocycles. The number of hydrogen-bond donors (Lipinski definition) is 4. The van der Waals surface area contributed by atoms with Crippen LogP contribution in [0.25, 0.3) is 11.1 Å². The Labute approximate surface area is 129 Å². The molecule has 0 fully saturated rings. The van der Waals surface area contributed by atoms with Crippen molar-refractivity contribution in [3.63, 3.8) is 0 Å². The van der Waals surface area contributed by atoms with E-state index < -0.39 is 0 Å². The van der Waals surface area contributed by atoms with E-state index in [1.165, 1.54) is 12.1 Å². The van der Waals surface area contributed by atoms with E-state index in [-0.39, 0.29) is 23.0 Å². The Morgan fingerprint density at radius 3 is 1.32 bits per heavy atom. The first-order valence-corrected chi connectivity index (χ1v) is 7.47. The molecule has 0 unspecified atom stereocenters. The smallest absolute Gasteiger partial charge is 0.158 e. The van der Waals surface area contributed by atoms with E-state index in [2.05, 4.69) is 13.8 Å². The molecule has 2 aromatic rings. The minimum absolute atomic E-state index is 0.135. The number of phenolic OH excluding ortho intramolecular Hbond substituents is 4. The first kappa shape index (κ1) is 14.6. The highest BCUT2D eigenvalue weighted by Crippen LogP contribution is 2.43. The third kappa shape index (κ3) is 2.34. The van der Waals surface area contributed by atoms with E-state index in [4.69, 9.17) is 0 Å². The number of fused-ring (bicyclic) bond motifs is 3. The summed E-state index contributed by atoms with van der Waals surface area (Å²) in [5, 5.41) is 39.3. The molecule has 0 aromatic heterocycles. The van der Waals surface area contributed by atoms with Crippen LogP contribution in [-0.2, 0) is 12.8 Å². The largest absolute Gasteiger partial charge is 0.504 e. The highest BCUT2D eigenvalue weighted by molar-refractivity contribution is 5.76. The molecule has 0 spiro atoms. The molecular weight excluding hydrogens is 280 g/mol. The van der Waals surface area contributed by atoms with Crippen molar-refractivity contribution in [3.05, 3.63) is 35.4 Å². The highest BCUT2D eigenvalue weighted by atomic mass is 16.3. The van der Waals surface area contributed by atoms with Crippen molar-refractivity contribution in [1.82, 2.24) is 0 Å². The van der Waals surface area contributed by atoms with Gasteiger partial charge in [0.15, 0.2) is 23.0 Å². The van der Waals surface area contributed by atoms with Crippen molar-refractivity contribution in [2.75, 3.05) is 0 Å². The lowest BCUT2D eigenvalue weighted by Crippen LogP contribution is -2.17. The van der Waals surface area contributed by atoms with Gasteiger partial charge in [-0.3, -0.25) is 0 Å². The SMILES string of the molecule is C[C@@H]1Cc2cc(O)c(O)cc2-c2cc(O)c(O)cc2C[C@@H]1C. The van der Waals surface area contributed by atoms with Gasteiger partial charge in [0.1, 0.15) is 0 Å². The summed E-state index contributed by atoms with van der Waals surface area (Å²) in [4.78, 5) is 0. The van der Waals surface area contributed by atoms with Crippen LogP contribution in [0, 0.1) is 11.8 Å². The number of aromatic hydroxyl groups is 4. The van der Waals surface area contributed by atoms with Gasteiger partial charge in [-0.1, -0.05) is 13.8 Å². The van der Waals surface area contributed by atoms with Gasteiger partial charge in [-0.2, -0.15) is 0 Å². The van der Waals surface area contributed by atoms with E-state index in [9.17, 15) is 20.4 Å². The highest BCUT2D eigenvalue weighted by Gasteiger charge is 2.24. The van der Waals surface area contributed by atoms with E-state index in [1.807, 2.05) is 0 Å². The number of benzene rings is 2. The van der Waals surface area contributed by atoms with Crippen LogP contribution in [0.1, 0.15) is 25.0 Å². The Kier molecular flexibility index (Phi) is 3.39. The van der Waals surface area contributed by atoms with Crippen LogP contribution in [0.4, 0.5) is 0 Å². The van der Waals surface area contributed by atoms with Crippen LogP contribution < -0.4 is 0 Å². The van der Waals surface area contributed by atoms with Crippen LogP contribution in [-0.4, -0.2) is 20.4 Å². The lowest BCUT2D eigenvalue weighted by Gasteiger charge is -2.27. The van der Waals surface area contributed by atoms with Crippen molar-refractivity contribution in [2.24, 2.45) is 11.8 Å². The minimum atomic E-state index is -0.182. The normalized spacial score (nSPS) is 20.6. The summed E-state index contributed by atoms with van der Waals surface area (Å²) in [6.45, 7) is 4.31. The lowest BCUT2D eigenvalue weighted by molar-refractivity contribution is 0.375. The van der Waals surface area contributed by atoms with E-state index >= 15 is 0 Å². The Morgan fingerprint density at radius 2 is 0.955 bits per heavy atom. The fraction of sp³-hybridized carbons (Fsp3) is 0.333. The molecule has 4 heteroatoms. The van der Waals surface area contributed by atoms with Crippen LogP contribution in [0.3, 0.4) is 0 Å². The first-order valence-electron chi connectivity index (χ1n) is 7.47. The van der Waals surface area contributed by atoms with Crippen molar-refractivity contribution in [1.29, 1.82) is 0 Å². The molecule has 22 heavy (non-hydrogen) atoms. The van der Waals surface area contributed by atoms with Crippen molar-refractivity contribution < 1.29 is 20.4 Å². The molecule has 0 amide bonds. The molecule has 0 aliphatic heterocycles. The third-order valence-corrected chi connectivity index (χ3v) is 4.75. The summed E-state index contributed by atoms with van der Waals surface area (Å²) >= 11 is 0. The lowest BCUT2D eigenvalue weighted by atomic mass is 9.78. The molecule has 1 aliphatic carbocycles. The van der Waals surface area contributed by atoms with Crippen LogP contribution >= 0.6 is 0 Å². The number of phenols is 4. The van der Waals surface area contributed by atoms with Gasteiger partial charge in [-0.15, -0.1) is 0 Å². The second-order valence-electron chi connectivity index (χ2n) is 6.36. The van der Waals surface area contributed by atoms with Crippen molar-refractivity contribution in [2.45, 2.75) is 26.7 Å². The molecule has 2 atom stereocenters. The molecule has 2 aromatic carbocycles. The number of hydrogen-bond acceptors (Lipinski definition) is 4. The van der Waals surface area contributed by atoms with Gasteiger partial charge in [0.2, 0.25) is 0 Å². The van der Waals surface area contributed by atoms with Gasteiger partial charge in [-0.25, -0.2) is 0 Å². The molecular formula is C18H20O4. The summed E-state index contributed by atoms with van der Waals surface area (Å²) < 4.78 is 0. The molecule has 0 bridgehead atoms. The Morgan fingerprint density at radius 1 is 0.636 bits per heavy atom. The predicted molar refractivity (Wildman–Crippen MR) is 84.3 cm³/mol. The minimum Gasteiger partial charge on any atom is -0.504 e. The molecule has 0 heterocycles. The topological polar surface area (TPSA) is 80.9 Å². The fourth-order valence-electron chi connectivity index (χ4n) is 3.18. The van der Waals surface area contributed by atoms with Crippen LogP contribution in [0.15, 0.2) is 24.3 Å². The maximum absolute atomic E-state index is 9.84. The summed E-state index contributed by atoms with van der Waals surface area (Å²) in [6, 6.07) is 6.24. The summed E-state index contributed by atoms with van der Waals surface area (Å²) in [5.41, 5.74) is 3.44. The molecule has 4 N–H and O–H groups in total.